The van der Waals surface area contributed by atoms with Crippen LogP contribution in [-0.2, 0) is 10.1 Å². The normalized spacial score (nSPS) is 13.9. The minimum absolute atomic E-state index is 0.311. The second-order valence-corrected chi connectivity index (χ2v) is 5.59. The summed E-state index contributed by atoms with van der Waals surface area (Å²) in [6.45, 7) is 1.68. The van der Waals surface area contributed by atoms with Crippen LogP contribution in [-0.4, -0.2) is 34.6 Å². The maximum atomic E-state index is 12.3. The molecule has 114 valence electrons. The van der Waals surface area contributed by atoms with Crippen LogP contribution in [0.5, 0.6) is 5.75 Å². The van der Waals surface area contributed by atoms with E-state index >= 15 is 0 Å². The topological polar surface area (TPSA) is 97.8 Å². The molecule has 1 heterocycles. The molecule has 0 saturated carbocycles. The van der Waals surface area contributed by atoms with E-state index in [9.17, 15) is 21.6 Å². The van der Waals surface area contributed by atoms with Gasteiger partial charge in [-0.2, -0.15) is 26.8 Å². The van der Waals surface area contributed by atoms with Crippen LogP contribution >= 0.6 is 0 Å². The zero-order valence-electron chi connectivity index (χ0n) is 10.5. The van der Waals surface area contributed by atoms with Gasteiger partial charge in [0.05, 0.1) is 0 Å². The predicted octanol–water partition coefficient (Wildman–Crippen LogP) is 1.58. The standard InChI is InChI=1S/C10H9F3N4O3S/c1-6(9-14-16-17-15-9)7-3-2-4-8(5-7)20-21(18,19)10(11,12)13/h2-6H,1H3,(H,14,15,16,17)/t6-/m1/s1. The van der Waals surface area contributed by atoms with Gasteiger partial charge in [-0.15, -0.1) is 10.2 Å². The number of alkyl halides is 3. The summed E-state index contributed by atoms with van der Waals surface area (Å²) in [5.74, 6) is -0.535. The van der Waals surface area contributed by atoms with Crippen molar-refractivity contribution in [1.82, 2.24) is 20.6 Å². The Kier molecular flexibility index (Phi) is 3.85. The zero-order chi connectivity index (χ0) is 15.7. The van der Waals surface area contributed by atoms with E-state index in [1.54, 1.807) is 13.0 Å². The van der Waals surface area contributed by atoms with Crippen molar-refractivity contribution in [3.05, 3.63) is 35.7 Å². The van der Waals surface area contributed by atoms with E-state index in [-0.39, 0.29) is 0 Å². The van der Waals surface area contributed by atoms with E-state index in [0.29, 0.717) is 11.4 Å². The van der Waals surface area contributed by atoms with Crippen LogP contribution in [0.1, 0.15) is 24.2 Å². The highest BCUT2D eigenvalue weighted by Gasteiger charge is 2.48. The average Bonchev–Trinajstić information content (AvgIpc) is 2.90. The highest BCUT2D eigenvalue weighted by atomic mass is 32.2. The second kappa shape index (κ2) is 5.31. The Morgan fingerprint density at radius 3 is 2.62 bits per heavy atom. The van der Waals surface area contributed by atoms with Gasteiger partial charge in [0.25, 0.3) is 0 Å². The summed E-state index contributed by atoms with van der Waals surface area (Å²) in [7, 11) is -5.70. The van der Waals surface area contributed by atoms with Crippen molar-refractivity contribution < 1.29 is 25.8 Å². The number of nitrogens with one attached hydrogen (secondary N) is 1. The van der Waals surface area contributed by atoms with Crippen molar-refractivity contribution in [1.29, 1.82) is 0 Å². The molecule has 21 heavy (non-hydrogen) atoms. The molecule has 1 aromatic heterocycles. The molecule has 2 rings (SSSR count). The Hall–Kier alpha value is -2.17. The minimum Gasteiger partial charge on any atom is -0.376 e. The van der Waals surface area contributed by atoms with E-state index in [2.05, 4.69) is 24.8 Å². The third-order valence-corrected chi connectivity index (χ3v) is 3.58. The molecule has 0 aliphatic rings. The Morgan fingerprint density at radius 1 is 1.33 bits per heavy atom. The molecule has 1 aromatic carbocycles. The van der Waals surface area contributed by atoms with Crippen molar-refractivity contribution in [3.63, 3.8) is 0 Å². The van der Waals surface area contributed by atoms with Crippen LogP contribution in [0.2, 0.25) is 0 Å². The molecule has 0 radical (unpaired) electrons. The smallest absolute Gasteiger partial charge is 0.376 e. The molecule has 0 saturated heterocycles. The summed E-state index contributed by atoms with van der Waals surface area (Å²) in [5.41, 5.74) is -5.01. The Bertz CT molecular complexity index is 715. The third kappa shape index (κ3) is 3.29. The van der Waals surface area contributed by atoms with Gasteiger partial charge in [0.15, 0.2) is 5.82 Å². The number of nitrogens with zero attached hydrogens (tertiary/aromatic N) is 3. The van der Waals surface area contributed by atoms with E-state index in [1.165, 1.54) is 12.1 Å². The third-order valence-electron chi connectivity index (χ3n) is 2.60. The van der Waals surface area contributed by atoms with Gasteiger partial charge in [-0.05, 0) is 17.7 Å². The fraction of sp³-hybridized carbons (Fsp3) is 0.300. The monoisotopic (exact) mass is 322 g/mol. The molecular formula is C10H9F3N4O3S. The lowest BCUT2D eigenvalue weighted by atomic mass is 10.0. The molecule has 0 unspecified atom stereocenters. The van der Waals surface area contributed by atoms with Crippen molar-refractivity contribution in [2.75, 3.05) is 0 Å². The Morgan fingerprint density at radius 2 is 2.05 bits per heavy atom. The number of H-pyrrole nitrogens is 1. The SMILES string of the molecule is C[C@H](c1cccc(OS(=O)(=O)C(F)(F)F)c1)c1nn[nH]n1. The van der Waals surface area contributed by atoms with E-state index < -0.39 is 27.3 Å². The summed E-state index contributed by atoms with van der Waals surface area (Å²) < 4.78 is 62.7. The lowest BCUT2D eigenvalue weighted by molar-refractivity contribution is -0.0500. The van der Waals surface area contributed by atoms with Crippen molar-refractivity contribution in [2.24, 2.45) is 0 Å². The molecule has 2 aromatic rings. The lowest BCUT2D eigenvalue weighted by Crippen LogP contribution is -2.28. The van der Waals surface area contributed by atoms with E-state index in [1.807, 2.05) is 0 Å². The molecule has 1 N–H and O–H groups in total. The maximum Gasteiger partial charge on any atom is 0.534 e. The molecule has 0 fully saturated rings. The van der Waals surface area contributed by atoms with Crippen LogP contribution in [0.25, 0.3) is 0 Å². The molecule has 0 amide bonds. The summed E-state index contributed by atoms with van der Waals surface area (Å²) in [5, 5.41) is 13.1. The van der Waals surface area contributed by atoms with E-state index in [0.717, 1.165) is 6.07 Å². The van der Waals surface area contributed by atoms with Crippen molar-refractivity contribution in [3.8, 4) is 5.75 Å². The first-order valence-corrected chi connectivity index (χ1v) is 6.95. The second-order valence-electron chi connectivity index (χ2n) is 4.05. The number of aromatic amines is 1. The summed E-state index contributed by atoms with van der Waals surface area (Å²) in [4.78, 5) is 0. The largest absolute Gasteiger partial charge is 0.534 e. The number of aromatic nitrogens is 4. The van der Waals surface area contributed by atoms with Gasteiger partial charge in [0.1, 0.15) is 5.75 Å². The number of tetrazole rings is 1. The lowest BCUT2D eigenvalue weighted by Gasteiger charge is -2.12. The minimum atomic E-state index is -5.70. The van der Waals surface area contributed by atoms with Gasteiger partial charge in [-0.25, -0.2) is 0 Å². The number of hydrogen-bond donors (Lipinski definition) is 1. The molecule has 11 heteroatoms. The summed E-state index contributed by atoms with van der Waals surface area (Å²) >= 11 is 0. The van der Waals surface area contributed by atoms with Crippen LogP contribution < -0.4 is 4.18 Å². The summed E-state index contributed by atoms with van der Waals surface area (Å²) in [6, 6.07) is 5.22. The zero-order valence-corrected chi connectivity index (χ0v) is 11.3. The average molecular weight is 322 g/mol. The fourth-order valence-electron chi connectivity index (χ4n) is 1.51. The molecule has 7 nitrogen and oxygen atoms in total. The number of hydrogen-bond acceptors (Lipinski definition) is 6. The Labute approximate surface area is 117 Å². The van der Waals surface area contributed by atoms with Crippen LogP contribution in [0.3, 0.4) is 0 Å². The highest BCUT2D eigenvalue weighted by Crippen LogP contribution is 2.29. The van der Waals surface area contributed by atoms with Gasteiger partial charge < -0.3 is 4.18 Å². The molecular weight excluding hydrogens is 313 g/mol. The van der Waals surface area contributed by atoms with Crippen LogP contribution in [0, 0.1) is 0 Å². The van der Waals surface area contributed by atoms with Crippen molar-refractivity contribution >= 4 is 10.1 Å². The molecule has 0 bridgehead atoms. The number of rotatable bonds is 4. The van der Waals surface area contributed by atoms with Gasteiger partial charge >= 0.3 is 15.6 Å². The van der Waals surface area contributed by atoms with Gasteiger partial charge in [0.2, 0.25) is 0 Å². The maximum absolute atomic E-state index is 12.3. The first-order chi connectivity index (χ1) is 9.71. The molecule has 0 aliphatic heterocycles. The first-order valence-electron chi connectivity index (χ1n) is 5.55. The number of halogens is 3. The quantitative estimate of drug-likeness (QED) is 0.678. The van der Waals surface area contributed by atoms with E-state index in [4.69, 9.17) is 0 Å². The van der Waals surface area contributed by atoms with Crippen molar-refractivity contribution in [2.45, 2.75) is 18.3 Å². The summed E-state index contributed by atoms with van der Waals surface area (Å²) in [6.07, 6.45) is 0. The van der Waals surface area contributed by atoms with Gasteiger partial charge in [-0.3, -0.25) is 0 Å². The highest BCUT2D eigenvalue weighted by molar-refractivity contribution is 7.87. The van der Waals surface area contributed by atoms with Gasteiger partial charge in [0, 0.05) is 5.92 Å². The van der Waals surface area contributed by atoms with Crippen LogP contribution in [0.4, 0.5) is 13.2 Å². The number of benzene rings is 1. The van der Waals surface area contributed by atoms with Crippen LogP contribution in [0.15, 0.2) is 24.3 Å². The first kappa shape index (κ1) is 15.2. The predicted molar refractivity (Wildman–Crippen MR) is 63.7 cm³/mol. The molecule has 0 spiro atoms. The fourth-order valence-corrected chi connectivity index (χ4v) is 1.96. The molecule has 0 aliphatic carbocycles. The molecule has 1 atom stereocenters. The Balaban J connectivity index is 2.27. The van der Waals surface area contributed by atoms with Gasteiger partial charge in [-0.1, -0.05) is 24.3 Å².